The van der Waals surface area contributed by atoms with Crippen LogP contribution in [0.4, 0.5) is 0 Å². The van der Waals surface area contributed by atoms with E-state index in [2.05, 4.69) is 27.7 Å². The first-order chi connectivity index (χ1) is 7.95. The minimum absolute atomic E-state index is 0.121. The van der Waals surface area contributed by atoms with Crippen LogP contribution in [0.5, 0.6) is 0 Å². The fourth-order valence-electron chi connectivity index (χ4n) is 2.74. The van der Waals surface area contributed by atoms with E-state index in [1.807, 2.05) is 0 Å². The van der Waals surface area contributed by atoms with Crippen molar-refractivity contribution in [2.75, 3.05) is 34.2 Å². The molecule has 0 unspecified atom stereocenters. The van der Waals surface area contributed by atoms with Crippen molar-refractivity contribution in [3.05, 3.63) is 0 Å². The second-order valence-corrected chi connectivity index (χ2v) is 5.88. The minimum Gasteiger partial charge on any atom is -0.384 e. The van der Waals surface area contributed by atoms with Crippen molar-refractivity contribution in [1.29, 1.82) is 0 Å². The maximum absolute atomic E-state index is 5.60. The Morgan fingerprint density at radius 3 is 1.71 bits per heavy atom. The van der Waals surface area contributed by atoms with Crippen LogP contribution >= 0.6 is 0 Å². The summed E-state index contributed by atoms with van der Waals surface area (Å²) >= 11 is 0. The monoisotopic (exact) mass is 246 g/mol. The van der Waals surface area contributed by atoms with E-state index in [1.54, 1.807) is 14.2 Å². The maximum Gasteiger partial charge on any atom is 0.146 e. The first-order valence-electron chi connectivity index (χ1n) is 6.51. The third-order valence-electron chi connectivity index (χ3n) is 2.74. The highest BCUT2D eigenvalue weighted by atomic mass is 16.7. The molecule has 0 atom stereocenters. The lowest BCUT2D eigenvalue weighted by Gasteiger charge is -2.36. The van der Waals surface area contributed by atoms with E-state index in [0.717, 1.165) is 19.4 Å². The second kappa shape index (κ2) is 8.90. The molecule has 0 spiro atoms. The zero-order valence-corrected chi connectivity index (χ0v) is 12.4. The average molecular weight is 246 g/mol. The molecular formula is C14H30O3. The molecule has 0 saturated carbocycles. The van der Waals surface area contributed by atoms with Crippen LogP contribution in [0.25, 0.3) is 0 Å². The molecule has 0 N–H and O–H groups in total. The topological polar surface area (TPSA) is 27.7 Å². The summed E-state index contributed by atoms with van der Waals surface area (Å²) in [4.78, 5) is 0. The average Bonchev–Trinajstić information content (AvgIpc) is 2.16. The van der Waals surface area contributed by atoms with Gasteiger partial charge in [0.15, 0.2) is 0 Å². The van der Waals surface area contributed by atoms with Gasteiger partial charge in [-0.2, -0.15) is 0 Å². The van der Waals surface area contributed by atoms with E-state index in [0.29, 0.717) is 25.2 Å². The van der Waals surface area contributed by atoms with Crippen LogP contribution in [0.3, 0.4) is 0 Å². The van der Waals surface area contributed by atoms with Crippen LogP contribution in [-0.4, -0.2) is 34.2 Å². The van der Waals surface area contributed by atoms with Crippen LogP contribution in [0.2, 0.25) is 0 Å². The molecule has 0 bridgehead atoms. The van der Waals surface area contributed by atoms with Gasteiger partial charge in [-0.25, -0.2) is 0 Å². The Labute approximate surface area is 107 Å². The fraction of sp³-hybridized carbons (Fsp3) is 1.00. The Kier molecular flexibility index (Phi) is 8.83. The largest absolute Gasteiger partial charge is 0.384 e. The predicted octanol–water partition coefficient (Wildman–Crippen LogP) is 3.33. The molecule has 3 heteroatoms. The molecular weight excluding hydrogens is 216 g/mol. The van der Waals surface area contributed by atoms with Crippen LogP contribution in [-0.2, 0) is 14.2 Å². The summed E-state index contributed by atoms with van der Waals surface area (Å²) in [5.74, 6) is 1.30. The van der Waals surface area contributed by atoms with Crippen molar-refractivity contribution in [2.45, 2.75) is 40.5 Å². The van der Waals surface area contributed by atoms with E-state index in [1.165, 1.54) is 0 Å². The van der Waals surface area contributed by atoms with Crippen molar-refractivity contribution < 1.29 is 14.2 Å². The first-order valence-corrected chi connectivity index (χ1v) is 6.51. The molecule has 0 rings (SSSR count). The van der Waals surface area contributed by atoms with Crippen molar-refractivity contribution in [2.24, 2.45) is 17.3 Å². The second-order valence-electron chi connectivity index (χ2n) is 5.88. The highest BCUT2D eigenvalue weighted by molar-refractivity contribution is 4.81. The smallest absolute Gasteiger partial charge is 0.146 e. The summed E-state index contributed by atoms with van der Waals surface area (Å²) in [7, 11) is 3.43. The highest BCUT2D eigenvalue weighted by Gasteiger charge is 2.32. The number of ether oxygens (including phenoxy) is 3. The van der Waals surface area contributed by atoms with Crippen molar-refractivity contribution in [1.82, 2.24) is 0 Å². The predicted molar refractivity (Wildman–Crippen MR) is 71.0 cm³/mol. The fourth-order valence-corrected chi connectivity index (χ4v) is 2.74. The van der Waals surface area contributed by atoms with E-state index >= 15 is 0 Å². The number of methoxy groups -OCH3 is 2. The van der Waals surface area contributed by atoms with Gasteiger partial charge >= 0.3 is 0 Å². The quantitative estimate of drug-likeness (QED) is 0.437. The molecule has 0 aliphatic rings. The van der Waals surface area contributed by atoms with Crippen LogP contribution in [0.15, 0.2) is 0 Å². The van der Waals surface area contributed by atoms with Crippen molar-refractivity contribution in [3.8, 4) is 0 Å². The summed E-state index contributed by atoms with van der Waals surface area (Å²) in [6, 6.07) is 0. The molecule has 0 aliphatic carbocycles. The summed E-state index contributed by atoms with van der Waals surface area (Å²) in [5.41, 5.74) is 0.121. The van der Waals surface area contributed by atoms with Crippen molar-refractivity contribution in [3.63, 3.8) is 0 Å². The lowest BCUT2D eigenvalue weighted by Crippen LogP contribution is -2.35. The SMILES string of the molecule is COCOCC(COC)(CC(C)C)CC(C)C. The number of hydrogen-bond acceptors (Lipinski definition) is 3. The summed E-state index contributed by atoms with van der Waals surface area (Å²) in [6.07, 6.45) is 2.26. The molecule has 104 valence electrons. The molecule has 0 amide bonds. The van der Waals surface area contributed by atoms with Gasteiger partial charge in [0.1, 0.15) is 6.79 Å². The third kappa shape index (κ3) is 7.74. The van der Waals surface area contributed by atoms with Gasteiger partial charge in [-0.05, 0) is 24.7 Å². The molecule has 0 saturated heterocycles. The summed E-state index contributed by atoms with van der Waals surface area (Å²) in [5, 5.41) is 0. The molecule has 3 nitrogen and oxygen atoms in total. The maximum atomic E-state index is 5.60. The lowest BCUT2D eigenvalue weighted by molar-refractivity contribution is -0.0917. The molecule has 0 fully saturated rings. The molecule has 0 heterocycles. The minimum atomic E-state index is 0.121. The normalized spacial score (nSPS) is 12.7. The van der Waals surface area contributed by atoms with Crippen LogP contribution < -0.4 is 0 Å². The summed E-state index contributed by atoms with van der Waals surface area (Å²) < 4.78 is 16.0. The van der Waals surface area contributed by atoms with Crippen molar-refractivity contribution >= 4 is 0 Å². The lowest BCUT2D eigenvalue weighted by atomic mass is 9.75. The summed E-state index contributed by atoms with van der Waals surface area (Å²) in [6.45, 7) is 10.8. The van der Waals surface area contributed by atoms with E-state index in [4.69, 9.17) is 14.2 Å². The van der Waals surface area contributed by atoms with Gasteiger partial charge in [-0.1, -0.05) is 27.7 Å². The first kappa shape index (κ1) is 16.9. The Balaban J connectivity index is 4.55. The van der Waals surface area contributed by atoms with Crippen LogP contribution in [0.1, 0.15) is 40.5 Å². The Hall–Kier alpha value is -0.120. The van der Waals surface area contributed by atoms with Gasteiger partial charge < -0.3 is 14.2 Å². The Morgan fingerprint density at radius 1 is 0.824 bits per heavy atom. The van der Waals surface area contributed by atoms with Gasteiger partial charge in [0.2, 0.25) is 0 Å². The van der Waals surface area contributed by atoms with E-state index < -0.39 is 0 Å². The molecule has 0 radical (unpaired) electrons. The van der Waals surface area contributed by atoms with E-state index in [-0.39, 0.29) is 5.41 Å². The van der Waals surface area contributed by atoms with E-state index in [9.17, 15) is 0 Å². The molecule has 0 aromatic carbocycles. The van der Waals surface area contributed by atoms with Gasteiger partial charge in [-0.3, -0.25) is 0 Å². The molecule has 17 heavy (non-hydrogen) atoms. The van der Waals surface area contributed by atoms with Gasteiger partial charge in [-0.15, -0.1) is 0 Å². The molecule has 0 aromatic rings. The van der Waals surface area contributed by atoms with Crippen LogP contribution in [0, 0.1) is 17.3 Å². The molecule has 0 aromatic heterocycles. The number of rotatable bonds is 10. The molecule has 0 aliphatic heterocycles. The zero-order chi connectivity index (χ0) is 13.3. The van der Waals surface area contributed by atoms with Gasteiger partial charge in [0.05, 0.1) is 13.2 Å². The zero-order valence-electron chi connectivity index (χ0n) is 12.4. The Bertz CT molecular complexity index is 168. The standard InChI is InChI=1S/C14H30O3/c1-12(2)7-14(9-15-5,8-13(3)4)10-17-11-16-6/h12-13H,7-11H2,1-6H3. The Morgan fingerprint density at radius 2 is 1.35 bits per heavy atom. The number of hydrogen-bond donors (Lipinski definition) is 0. The highest BCUT2D eigenvalue weighted by Crippen LogP contribution is 2.34. The van der Waals surface area contributed by atoms with Gasteiger partial charge in [0.25, 0.3) is 0 Å². The third-order valence-corrected chi connectivity index (χ3v) is 2.74. The van der Waals surface area contributed by atoms with Gasteiger partial charge in [0, 0.05) is 19.6 Å².